The van der Waals surface area contributed by atoms with Crippen LogP contribution < -0.4 is 4.74 Å². The van der Waals surface area contributed by atoms with Crippen molar-refractivity contribution in [2.45, 2.75) is 20.5 Å². The molecule has 0 N–H and O–H groups in total. The van der Waals surface area contributed by atoms with Gasteiger partial charge in [-0.3, -0.25) is 0 Å². The number of ether oxygens (including phenoxy) is 2. The molecule has 0 bridgehead atoms. The second kappa shape index (κ2) is 6.05. The van der Waals surface area contributed by atoms with Crippen molar-refractivity contribution >= 4 is 6.16 Å². The van der Waals surface area contributed by atoms with E-state index in [1.54, 1.807) is 6.07 Å². The van der Waals surface area contributed by atoms with Crippen LogP contribution in [0.4, 0.5) is 4.79 Å². The Kier molecular flexibility index (Phi) is 4.18. The monoisotopic (exact) mass is 256 g/mol. The van der Waals surface area contributed by atoms with E-state index >= 15 is 0 Å². The Bertz CT molecular complexity index is 561. The Hall–Kier alpha value is -2.29. The van der Waals surface area contributed by atoms with E-state index in [1.165, 1.54) is 0 Å². The third-order valence-corrected chi connectivity index (χ3v) is 2.95. The molecule has 0 saturated carbocycles. The minimum atomic E-state index is -0.683. The summed E-state index contributed by atoms with van der Waals surface area (Å²) in [7, 11) is 0. The maximum absolute atomic E-state index is 11.6. The molecule has 0 fully saturated rings. The molecule has 0 heterocycles. The zero-order valence-corrected chi connectivity index (χ0v) is 11.1. The predicted octanol–water partition coefficient (Wildman–Crippen LogP) is 4.02. The van der Waals surface area contributed by atoms with Gasteiger partial charge in [-0.2, -0.15) is 0 Å². The van der Waals surface area contributed by atoms with E-state index in [2.05, 4.69) is 0 Å². The highest BCUT2D eigenvalue weighted by Crippen LogP contribution is 2.21. The standard InChI is InChI=1S/C16H16O3/c1-12-7-6-10-15(13(12)2)19-16(17)18-11-14-8-4-3-5-9-14/h3-10H,11H2,1-2H3. The van der Waals surface area contributed by atoms with Crippen molar-refractivity contribution in [3.8, 4) is 5.75 Å². The molecule has 0 unspecified atom stereocenters. The average molecular weight is 256 g/mol. The topological polar surface area (TPSA) is 35.5 Å². The lowest BCUT2D eigenvalue weighted by atomic mass is 10.1. The lowest BCUT2D eigenvalue weighted by Crippen LogP contribution is -2.11. The summed E-state index contributed by atoms with van der Waals surface area (Å²) >= 11 is 0. The quantitative estimate of drug-likeness (QED) is 0.614. The van der Waals surface area contributed by atoms with Crippen molar-refractivity contribution in [3.05, 3.63) is 65.2 Å². The molecular weight excluding hydrogens is 240 g/mol. The minimum absolute atomic E-state index is 0.213. The summed E-state index contributed by atoms with van der Waals surface area (Å²) in [5.41, 5.74) is 2.95. The number of aryl methyl sites for hydroxylation is 1. The summed E-state index contributed by atoms with van der Waals surface area (Å²) in [6.45, 7) is 4.09. The van der Waals surface area contributed by atoms with Gasteiger partial charge in [0.25, 0.3) is 0 Å². The van der Waals surface area contributed by atoms with Gasteiger partial charge in [0.15, 0.2) is 0 Å². The number of hydrogen-bond donors (Lipinski definition) is 0. The van der Waals surface area contributed by atoms with Gasteiger partial charge in [0.1, 0.15) is 12.4 Å². The Morgan fingerprint density at radius 1 is 1.00 bits per heavy atom. The van der Waals surface area contributed by atoms with Gasteiger partial charge in [0.05, 0.1) is 0 Å². The summed E-state index contributed by atoms with van der Waals surface area (Å²) in [5, 5.41) is 0. The lowest BCUT2D eigenvalue weighted by molar-refractivity contribution is 0.0925. The van der Waals surface area contributed by atoms with Crippen LogP contribution in [0.25, 0.3) is 0 Å². The van der Waals surface area contributed by atoms with Crippen molar-refractivity contribution in [3.63, 3.8) is 0 Å². The molecule has 0 saturated heterocycles. The first-order valence-electron chi connectivity index (χ1n) is 6.11. The Morgan fingerprint density at radius 2 is 1.74 bits per heavy atom. The third-order valence-electron chi connectivity index (χ3n) is 2.95. The first-order chi connectivity index (χ1) is 9.16. The summed E-state index contributed by atoms with van der Waals surface area (Å²) in [6.07, 6.45) is -0.683. The molecule has 0 spiro atoms. The molecule has 0 radical (unpaired) electrons. The van der Waals surface area contributed by atoms with E-state index in [-0.39, 0.29) is 6.61 Å². The highest BCUT2D eigenvalue weighted by atomic mass is 16.7. The molecule has 2 aromatic rings. The van der Waals surface area contributed by atoms with Gasteiger partial charge < -0.3 is 9.47 Å². The molecule has 0 aliphatic heterocycles. The molecule has 0 atom stereocenters. The van der Waals surface area contributed by atoms with E-state index in [0.717, 1.165) is 16.7 Å². The van der Waals surface area contributed by atoms with Crippen LogP contribution in [0.15, 0.2) is 48.5 Å². The number of benzene rings is 2. The summed E-state index contributed by atoms with van der Waals surface area (Å²) in [6, 6.07) is 15.1. The third kappa shape index (κ3) is 3.58. The molecule has 98 valence electrons. The zero-order valence-electron chi connectivity index (χ0n) is 11.1. The first-order valence-corrected chi connectivity index (χ1v) is 6.11. The Balaban J connectivity index is 1.93. The number of hydrogen-bond acceptors (Lipinski definition) is 3. The highest BCUT2D eigenvalue weighted by molar-refractivity contribution is 5.64. The average Bonchev–Trinajstić information content (AvgIpc) is 2.43. The maximum atomic E-state index is 11.6. The maximum Gasteiger partial charge on any atom is 0.514 e. The van der Waals surface area contributed by atoms with E-state index < -0.39 is 6.16 Å². The van der Waals surface area contributed by atoms with Gasteiger partial charge in [0, 0.05) is 0 Å². The number of rotatable bonds is 3. The zero-order chi connectivity index (χ0) is 13.7. The Labute approximate surface area is 112 Å². The van der Waals surface area contributed by atoms with Gasteiger partial charge >= 0.3 is 6.16 Å². The molecule has 2 rings (SSSR count). The van der Waals surface area contributed by atoms with E-state index in [1.807, 2.05) is 56.3 Å². The van der Waals surface area contributed by atoms with Crippen LogP contribution in [-0.4, -0.2) is 6.16 Å². The van der Waals surface area contributed by atoms with Gasteiger partial charge in [-0.15, -0.1) is 0 Å². The first kappa shape index (κ1) is 13.1. The lowest BCUT2D eigenvalue weighted by Gasteiger charge is -2.09. The van der Waals surface area contributed by atoms with Crippen LogP contribution in [0.3, 0.4) is 0 Å². The van der Waals surface area contributed by atoms with Gasteiger partial charge in [-0.25, -0.2) is 4.79 Å². The van der Waals surface area contributed by atoms with Crippen molar-refractivity contribution in [2.24, 2.45) is 0 Å². The van der Waals surface area contributed by atoms with Crippen molar-refractivity contribution in [2.75, 3.05) is 0 Å². The molecule has 3 heteroatoms. The van der Waals surface area contributed by atoms with Crippen LogP contribution in [0.5, 0.6) is 5.75 Å². The largest absolute Gasteiger partial charge is 0.514 e. The van der Waals surface area contributed by atoms with Crippen LogP contribution in [0.2, 0.25) is 0 Å². The van der Waals surface area contributed by atoms with E-state index in [9.17, 15) is 4.79 Å². The van der Waals surface area contributed by atoms with Gasteiger partial charge in [-0.1, -0.05) is 42.5 Å². The van der Waals surface area contributed by atoms with Gasteiger partial charge in [-0.05, 0) is 36.6 Å². The Morgan fingerprint density at radius 3 is 2.47 bits per heavy atom. The molecule has 0 aromatic heterocycles. The van der Waals surface area contributed by atoms with E-state index in [4.69, 9.17) is 9.47 Å². The summed E-state index contributed by atoms with van der Waals surface area (Å²) in [5.74, 6) is 0.540. The molecule has 0 aliphatic carbocycles. The van der Waals surface area contributed by atoms with Crippen molar-refractivity contribution in [1.29, 1.82) is 0 Å². The number of carbonyl (C=O) groups is 1. The fourth-order valence-electron chi connectivity index (χ4n) is 1.67. The van der Waals surface area contributed by atoms with Crippen molar-refractivity contribution in [1.82, 2.24) is 0 Å². The molecule has 2 aromatic carbocycles. The molecule has 0 amide bonds. The second-order valence-electron chi connectivity index (χ2n) is 4.32. The van der Waals surface area contributed by atoms with Gasteiger partial charge in [0.2, 0.25) is 0 Å². The highest BCUT2D eigenvalue weighted by Gasteiger charge is 2.09. The fraction of sp³-hybridized carbons (Fsp3) is 0.188. The molecule has 0 aliphatic rings. The van der Waals surface area contributed by atoms with Crippen LogP contribution in [-0.2, 0) is 11.3 Å². The molecular formula is C16H16O3. The minimum Gasteiger partial charge on any atom is -0.429 e. The predicted molar refractivity (Wildman–Crippen MR) is 73.2 cm³/mol. The number of carbonyl (C=O) groups excluding carboxylic acids is 1. The second-order valence-corrected chi connectivity index (χ2v) is 4.32. The fourth-order valence-corrected chi connectivity index (χ4v) is 1.67. The van der Waals surface area contributed by atoms with Crippen molar-refractivity contribution < 1.29 is 14.3 Å². The molecule has 19 heavy (non-hydrogen) atoms. The SMILES string of the molecule is Cc1cccc(OC(=O)OCc2ccccc2)c1C. The smallest absolute Gasteiger partial charge is 0.429 e. The summed E-state index contributed by atoms with van der Waals surface area (Å²) in [4.78, 5) is 11.6. The van der Waals surface area contributed by atoms with Crippen LogP contribution in [0.1, 0.15) is 16.7 Å². The molecule has 3 nitrogen and oxygen atoms in total. The van der Waals surface area contributed by atoms with E-state index in [0.29, 0.717) is 5.75 Å². The normalized spacial score (nSPS) is 10.0. The summed E-state index contributed by atoms with van der Waals surface area (Å²) < 4.78 is 10.3. The van der Waals surface area contributed by atoms with Crippen LogP contribution >= 0.6 is 0 Å². The van der Waals surface area contributed by atoms with Crippen LogP contribution in [0, 0.1) is 13.8 Å².